The van der Waals surface area contributed by atoms with Crippen molar-refractivity contribution in [3.8, 4) is 0 Å². The van der Waals surface area contributed by atoms with Crippen LogP contribution in [0.25, 0.3) is 0 Å². The number of fused-ring (bicyclic) bond motifs is 1. The molecule has 0 unspecified atom stereocenters. The average Bonchev–Trinajstić information content (AvgIpc) is 3.04. The predicted molar refractivity (Wildman–Crippen MR) is 75.7 cm³/mol. The summed E-state index contributed by atoms with van der Waals surface area (Å²) in [6.07, 6.45) is 3.75. The molecule has 0 bridgehead atoms. The van der Waals surface area contributed by atoms with Gasteiger partial charge in [-0.2, -0.15) is 0 Å². The SMILES string of the molecule is NNc1snnc1CSc1ccc2c(c1)CCC2. The summed E-state index contributed by atoms with van der Waals surface area (Å²) in [7, 11) is 0. The van der Waals surface area contributed by atoms with E-state index in [1.54, 1.807) is 11.8 Å². The normalized spacial score (nSPS) is 13.6. The van der Waals surface area contributed by atoms with E-state index in [4.69, 9.17) is 5.84 Å². The van der Waals surface area contributed by atoms with Crippen LogP contribution in [0.1, 0.15) is 23.2 Å². The van der Waals surface area contributed by atoms with Gasteiger partial charge in [0.15, 0.2) is 0 Å². The highest BCUT2D eigenvalue weighted by molar-refractivity contribution is 7.98. The first-order chi connectivity index (χ1) is 8.86. The molecule has 1 aromatic heterocycles. The third-order valence-electron chi connectivity index (χ3n) is 3.13. The Kier molecular flexibility index (Phi) is 3.49. The highest BCUT2D eigenvalue weighted by atomic mass is 32.2. The van der Waals surface area contributed by atoms with E-state index in [9.17, 15) is 0 Å². The molecule has 0 atom stereocenters. The Balaban J connectivity index is 1.70. The van der Waals surface area contributed by atoms with E-state index >= 15 is 0 Å². The van der Waals surface area contributed by atoms with E-state index in [1.165, 1.54) is 46.8 Å². The largest absolute Gasteiger partial charge is 0.313 e. The van der Waals surface area contributed by atoms with Crippen LogP contribution in [0.5, 0.6) is 0 Å². The first-order valence-electron chi connectivity index (χ1n) is 5.89. The molecule has 1 heterocycles. The first-order valence-corrected chi connectivity index (χ1v) is 7.65. The van der Waals surface area contributed by atoms with Crippen molar-refractivity contribution in [2.75, 3.05) is 5.43 Å². The van der Waals surface area contributed by atoms with Gasteiger partial charge < -0.3 is 5.43 Å². The number of benzene rings is 1. The zero-order chi connectivity index (χ0) is 12.4. The lowest BCUT2D eigenvalue weighted by atomic mass is 10.1. The molecule has 1 aliphatic carbocycles. The number of thioether (sulfide) groups is 1. The molecule has 0 saturated carbocycles. The second-order valence-corrected chi connectivity index (χ2v) is 6.07. The van der Waals surface area contributed by atoms with Gasteiger partial charge in [0.1, 0.15) is 10.7 Å². The van der Waals surface area contributed by atoms with Crippen molar-refractivity contribution < 1.29 is 0 Å². The van der Waals surface area contributed by atoms with Crippen molar-refractivity contribution in [1.82, 2.24) is 9.59 Å². The molecule has 0 fully saturated rings. The first kappa shape index (κ1) is 12.0. The van der Waals surface area contributed by atoms with Gasteiger partial charge in [-0.3, -0.25) is 0 Å². The standard InChI is InChI=1S/C12H14N4S2/c13-14-12-11(15-16-18-12)7-17-10-5-4-8-2-1-3-9(8)6-10/h4-6,14H,1-3,7,13H2. The summed E-state index contributed by atoms with van der Waals surface area (Å²) in [6.45, 7) is 0. The number of nitrogens with zero attached hydrogens (tertiary/aromatic N) is 2. The van der Waals surface area contributed by atoms with Gasteiger partial charge in [0.05, 0.1) is 0 Å². The molecule has 0 amide bonds. The number of nitrogens with two attached hydrogens (primary N) is 1. The van der Waals surface area contributed by atoms with Crippen molar-refractivity contribution in [1.29, 1.82) is 0 Å². The molecule has 3 rings (SSSR count). The molecule has 0 aliphatic heterocycles. The Labute approximate surface area is 114 Å². The van der Waals surface area contributed by atoms with Gasteiger partial charge in [-0.1, -0.05) is 10.6 Å². The van der Waals surface area contributed by atoms with Gasteiger partial charge in [0.25, 0.3) is 0 Å². The fourth-order valence-electron chi connectivity index (χ4n) is 2.20. The maximum atomic E-state index is 5.41. The monoisotopic (exact) mass is 278 g/mol. The van der Waals surface area contributed by atoms with E-state index in [0.29, 0.717) is 0 Å². The van der Waals surface area contributed by atoms with Crippen LogP contribution in [0.4, 0.5) is 5.00 Å². The summed E-state index contributed by atoms with van der Waals surface area (Å²) in [4.78, 5) is 1.30. The minimum atomic E-state index is 0.800. The number of nitrogens with one attached hydrogen (secondary N) is 1. The minimum Gasteiger partial charge on any atom is -0.313 e. The zero-order valence-electron chi connectivity index (χ0n) is 9.85. The molecule has 2 aromatic rings. The molecule has 4 nitrogen and oxygen atoms in total. The third kappa shape index (κ3) is 2.36. The van der Waals surface area contributed by atoms with Crippen LogP contribution in [0.2, 0.25) is 0 Å². The highest BCUT2D eigenvalue weighted by Gasteiger charge is 2.12. The van der Waals surface area contributed by atoms with Crippen LogP contribution in [-0.2, 0) is 18.6 Å². The maximum Gasteiger partial charge on any atom is 0.148 e. The lowest BCUT2D eigenvalue weighted by Gasteiger charge is -2.04. The van der Waals surface area contributed by atoms with Gasteiger partial charge in [-0.15, -0.1) is 16.9 Å². The fraction of sp³-hybridized carbons (Fsp3) is 0.333. The molecular formula is C12H14N4S2. The van der Waals surface area contributed by atoms with Crippen LogP contribution < -0.4 is 11.3 Å². The number of hydrazine groups is 1. The van der Waals surface area contributed by atoms with E-state index in [2.05, 4.69) is 33.2 Å². The molecular weight excluding hydrogens is 264 g/mol. The second kappa shape index (κ2) is 5.26. The summed E-state index contributed by atoms with van der Waals surface area (Å²) < 4.78 is 3.90. The quantitative estimate of drug-likeness (QED) is 0.511. The molecule has 1 aromatic carbocycles. The Bertz CT molecular complexity index is 553. The average molecular weight is 278 g/mol. The summed E-state index contributed by atoms with van der Waals surface area (Å²) in [5.41, 5.74) is 6.58. The Morgan fingerprint density at radius 3 is 3.11 bits per heavy atom. The van der Waals surface area contributed by atoms with Crippen LogP contribution >= 0.6 is 23.3 Å². The summed E-state index contributed by atoms with van der Waals surface area (Å²) >= 11 is 3.08. The summed E-state index contributed by atoms with van der Waals surface area (Å²) in [5.74, 6) is 6.21. The lowest BCUT2D eigenvalue weighted by Crippen LogP contribution is -2.06. The fourth-order valence-corrected chi connectivity index (χ4v) is 3.68. The van der Waals surface area contributed by atoms with Gasteiger partial charge in [-0.05, 0) is 42.5 Å². The molecule has 6 heteroatoms. The van der Waals surface area contributed by atoms with E-state index in [-0.39, 0.29) is 0 Å². The van der Waals surface area contributed by atoms with E-state index in [0.717, 1.165) is 16.4 Å². The Morgan fingerprint density at radius 2 is 2.22 bits per heavy atom. The van der Waals surface area contributed by atoms with Crippen LogP contribution in [0.3, 0.4) is 0 Å². The molecule has 3 N–H and O–H groups in total. The van der Waals surface area contributed by atoms with E-state index in [1.807, 2.05) is 0 Å². The van der Waals surface area contributed by atoms with E-state index < -0.39 is 0 Å². The predicted octanol–water partition coefficient (Wildman–Crippen LogP) is 2.60. The number of rotatable bonds is 4. The smallest absolute Gasteiger partial charge is 0.148 e. The topological polar surface area (TPSA) is 63.8 Å². The summed E-state index contributed by atoms with van der Waals surface area (Å²) in [6, 6.07) is 6.76. The Morgan fingerprint density at radius 1 is 1.33 bits per heavy atom. The minimum absolute atomic E-state index is 0.800. The van der Waals surface area contributed by atoms with Crippen molar-refractivity contribution in [3.63, 3.8) is 0 Å². The molecule has 94 valence electrons. The lowest BCUT2D eigenvalue weighted by molar-refractivity contribution is 0.911. The number of nitrogen functional groups attached to an aromatic ring is 1. The number of aryl methyl sites for hydroxylation is 2. The van der Waals surface area contributed by atoms with Crippen molar-refractivity contribution in [2.45, 2.75) is 29.9 Å². The van der Waals surface area contributed by atoms with Gasteiger partial charge in [0, 0.05) is 22.2 Å². The molecule has 1 aliphatic rings. The Hall–Kier alpha value is -1.11. The zero-order valence-corrected chi connectivity index (χ0v) is 11.5. The van der Waals surface area contributed by atoms with Crippen LogP contribution in [0.15, 0.2) is 23.1 Å². The molecule has 18 heavy (non-hydrogen) atoms. The van der Waals surface area contributed by atoms with Crippen LogP contribution in [-0.4, -0.2) is 9.59 Å². The number of aromatic nitrogens is 2. The van der Waals surface area contributed by atoms with Gasteiger partial charge in [0.2, 0.25) is 0 Å². The van der Waals surface area contributed by atoms with Crippen molar-refractivity contribution in [3.05, 3.63) is 35.0 Å². The number of hydrogen-bond donors (Lipinski definition) is 2. The summed E-state index contributed by atoms with van der Waals surface area (Å²) in [5, 5.41) is 4.93. The van der Waals surface area contributed by atoms with Gasteiger partial charge in [-0.25, -0.2) is 5.84 Å². The van der Waals surface area contributed by atoms with Crippen LogP contribution in [0, 0.1) is 0 Å². The molecule has 0 saturated heterocycles. The third-order valence-corrected chi connectivity index (χ3v) is 4.84. The van der Waals surface area contributed by atoms with Crippen molar-refractivity contribution >= 4 is 28.3 Å². The highest BCUT2D eigenvalue weighted by Crippen LogP contribution is 2.30. The second-order valence-electron chi connectivity index (χ2n) is 4.27. The maximum absolute atomic E-state index is 5.41. The van der Waals surface area contributed by atoms with Crippen molar-refractivity contribution in [2.24, 2.45) is 5.84 Å². The number of hydrogen-bond acceptors (Lipinski definition) is 6. The molecule has 0 spiro atoms. The van der Waals surface area contributed by atoms with Gasteiger partial charge >= 0.3 is 0 Å². The number of anilines is 1. The molecule has 0 radical (unpaired) electrons.